The van der Waals surface area contributed by atoms with Crippen molar-refractivity contribution >= 4 is 15.9 Å². The Labute approximate surface area is 136 Å². The summed E-state index contributed by atoms with van der Waals surface area (Å²) in [6.07, 6.45) is 5.47. The number of hydrogen-bond acceptors (Lipinski definition) is 2. The Bertz CT molecular complexity index is 461. The van der Waals surface area contributed by atoms with Crippen LogP contribution < -0.4 is 10.1 Å². The topological polar surface area (TPSA) is 21.3 Å². The van der Waals surface area contributed by atoms with Gasteiger partial charge in [0.1, 0.15) is 5.75 Å². The minimum absolute atomic E-state index is 0.479. The highest BCUT2D eigenvalue weighted by atomic mass is 79.9. The Morgan fingerprint density at radius 1 is 1.24 bits per heavy atom. The lowest BCUT2D eigenvalue weighted by atomic mass is 9.79. The highest BCUT2D eigenvalue weighted by molar-refractivity contribution is 9.10. The van der Waals surface area contributed by atoms with Crippen molar-refractivity contribution in [1.82, 2.24) is 5.32 Å². The maximum Gasteiger partial charge on any atom is 0.119 e. The molecule has 2 aliphatic carbocycles. The fourth-order valence-electron chi connectivity index (χ4n) is 3.78. The van der Waals surface area contributed by atoms with Crippen molar-refractivity contribution in [2.24, 2.45) is 17.3 Å². The molecule has 0 amide bonds. The highest BCUT2D eigenvalue weighted by Crippen LogP contribution is 2.60. The molecule has 2 atom stereocenters. The molecule has 0 saturated heterocycles. The zero-order valence-electron chi connectivity index (χ0n) is 13.1. The van der Waals surface area contributed by atoms with Crippen LogP contribution in [0.5, 0.6) is 5.75 Å². The number of rotatable bonds is 7. The second-order valence-corrected chi connectivity index (χ2v) is 8.17. The molecule has 0 bridgehead atoms. The summed E-state index contributed by atoms with van der Waals surface area (Å²) in [5.74, 6) is 3.02. The van der Waals surface area contributed by atoms with Crippen molar-refractivity contribution in [1.29, 1.82) is 0 Å². The van der Waals surface area contributed by atoms with E-state index in [1.165, 1.54) is 25.7 Å². The standard InChI is InChI=1S/C18H26BrNO/c1-13(2)20-12-18(10-14-9-15(14)11-18)7-8-21-17-5-3-16(19)4-6-17/h3-6,13-15,20H,7-12H2,1-2H3. The van der Waals surface area contributed by atoms with Crippen LogP contribution in [0.2, 0.25) is 0 Å². The molecule has 3 rings (SSSR count). The van der Waals surface area contributed by atoms with Crippen molar-refractivity contribution < 1.29 is 4.74 Å². The molecule has 116 valence electrons. The molecule has 2 unspecified atom stereocenters. The highest BCUT2D eigenvalue weighted by Gasteiger charge is 2.53. The Balaban J connectivity index is 1.51. The number of benzene rings is 1. The molecule has 3 heteroatoms. The summed E-state index contributed by atoms with van der Waals surface area (Å²) in [5, 5.41) is 3.66. The van der Waals surface area contributed by atoms with Gasteiger partial charge in [0.05, 0.1) is 6.61 Å². The Hall–Kier alpha value is -0.540. The second kappa shape index (κ2) is 6.29. The fourth-order valence-corrected chi connectivity index (χ4v) is 4.04. The summed E-state index contributed by atoms with van der Waals surface area (Å²) in [6, 6.07) is 8.72. The fraction of sp³-hybridized carbons (Fsp3) is 0.667. The molecule has 1 N–H and O–H groups in total. The van der Waals surface area contributed by atoms with Crippen molar-refractivity contribution in [2.45, 2.75) is 45.6 Å². The molecule has 2 saturated carbocycles. The summed E-state index contributed by atoms with van der Waals surface area (Å²) in [6.45, 7) is 6.46. The Kier molecular flexibility index (Phi) is 4.60. The van der Waals surface area contributed by atoms with Gasteiger partial charge in [-0.1, -0.05) is 29.8 Å². The summed E-state index contributed by atoms with van der Waals surface area (Å²) < 4.78 is 7.06. The minimum atomic E-state index is 0.479. The van der Waals surface area contributed by atoms with E-state index < -0.39 is 0 Å². The van der Waals surface area contributed by atoms with E-state index in [0.717, 1.165) is 35.2 Å². The molecule has 2 fully saturated rings. The van der Waals surface area contributed by atoms with E-state index in [-0.39, 0.29) is 0 Å². The molecular formula is C18H26BrNO. The molecule has 0 heterocycles. The van der Waals surface area contributed by atoms with Crippen LogP contribution in [0.4, 0.5) is 0 Å². The van der Waals surface area contributed by atoms with E-state index in [2.05, 4.69) is 35.1 Å². The van der Waals surface area contributed by atoms with Crippen molar-refractivity contribution in [3.63, 3.8) is 0 Å². The first-order valence-corrected chi connectivity index (χ1v) is 8.97. The normalized spacial score (nSPS) is 30.5. The molecule has 0 radical (unpaired) electrons. The largest absolute Gasteiger partial charge is 0.494 e. The van der Waals surface area contributed by atoms with E-state index >= 15 is 0 Å². The van der Waals surface area contributed by atoms with Gasteiger partial charge in [0, 0.05) is 17.1 Å². The first-order chi connectivity index (χ1) is 10.1. The van der Waals surface area contributed by atoms with Gasteiger partial charge in [-0.15, -0.1) is 0 Å². The number of nitrogens with one attached hydrogen (secondary N) is 1. The monoisotopic (exact) mass is 351 g/mol. The lowest BCUT2D eigenvalue weighted by Crippen LogP contribution is -2.38. The molecule has 0 spiro atoms. The molecule has 1 aromatic rings. The molecule has 1 aromatic carbocycles. The first-order valence-electron chi connectivity index (χ1n) is 8.18. The lowest BCUT2D eigenvalue weighted by molar-refractivity contribution is 0.173. The summed E-state index contributed by atoms with van der Waals surface area (Å²) in [7, 11) is 0. The third-order valence-corrected chi connectivity index (χ3v) is 5.59. The minimum Gasteiger partial charge on any atom is -0.494 e. The quantitative estimate of drug-likeness (QED) is 0.772. The zero-order chi connectivity index (χ0) is 14.9. The van der Waals surface area contributed by atoms with Gasteiger partial charge in [-0.3, -0.25) is 0 Å². The van der Waals surface area contributed by atoms with Crippen LogP contribution >= 0.6 is 15.9 Å². The van der Waals surface area contributed by atoms with Gasteiger partial charge in [-0.05, 0) is 67.2 Å². The molecule has 0 aromatic heterocycles. The maximum absolute atomic E-state index is 5.96. The second-order valence-electron chi connectivity index (χ2n) is 7.25. The van der Waals surface area contributed by atoms with Crippen molar-refractivity contribution in [3.05, 3.63) is 28.7 Å². The SMILES string of the molecule is CC(C)NCC1(CCOc2ccc(Br)cc2)CC2CC2C1. The average molecular weight is 352 g/mol. The van der Waals surface area contributed by atoms with Gasteiger partial charge in [0.15, 0.2) is 0 Å². The number of halogens is 1. The summed E-state index contributed by atoms with van der Waals surface area (Å²) in [5.41, 5.74) is 0.479. The molecule has 2 aliphatic rings. The van der Waals surface area contributed by atoms with E-state index in [0.29, 0.717) is 11.5 Å². The van der Waals surface area contributed by atoms with Crippen LogP contribution in [-0.4, -0.2) is 19.2 Å². The Morgan fingerprint density at radius 3 is 2.52 bits per heavy atom. The van der Waals surface area contributed by atoms with Crippen LogP contribution in [0, 0.1) is 17.3 Å². The van der Waals surface area contributed by atoms with Crippen LogP contribution in [0.1, 0.15) is 39.5 Å². The van der Waals surface area contributed by atoms with Gasteiger partial charge >= 0.3 is 0 Å². The lowest BCUT2D eigenvalue weighted by Gasteiger charge is -2.32. The average Bonchev–Trinajstić information content (AvgIpc) is 3.07. The molecular weight excluding hydrogens is 326 g/mol. The first kappa shape index (κ1) is 15.4. The molecule has 21 heavy (non-hydrogen) atoms. The van der Waals surface area contributed by atoms with Crippen LogP contribution in [0.25, 0.3) is 0 Å². The van der Waals surface area contributed by atoms with E-state index in [1.807, 2.05) is 24.3 Å². The van der Waals surface area contributed by atoms with Gasteiger partial charge < -0.3 is 10.1 Å². The van der Waals surface area contributed by atoms with Gasteiger partial charge in [0.2, 0.25) is 0 Å². The predicted molar refractivity (Wildman–Crippen MR) is 90.7 cm³/mol. The van der Waals surface area contributed by atoms with Crippen molar-refractivity contribution in [2.75, 3.05) is 13.2 Å². The summed E-state index contributed by atoms with van der Waals surface area (Å²) in [4.78, 5) is 0. The van der Waals surface area contributed by atoms with Gasteiger partial charge in [-0.25, -0.2) is 0 Å². The maximum atomic E-state index is 5.96. The molecule has 2 nitrogen and oxygen atoms in total. The van der Waals surface area contributed by atoms with Gasteiger partial charge in [-0.2, -0.15) is 0 Å². The van der Waals surface area contributed by atoms with Crippen LogP contribution in [0.15, 0.2) is 28.7 Å². The van der Waals surface area contributed by atoms with E-state index in [9.17, 15) is 0 Å². The van der Waals surface area contributed by atoms with E-state index in [4.69, 9.17) is 4.74 Å². The molecule has 0 aliphatic heterocycles. The van der Waals surface area contributed by atoms with Crippen LogP contribution in [-0.2, 0) is 0 Å². The third kappa shape index (κ3) is 4.01. The number of ether oxygens (including phenoxy) is 1. The zero-order valence-corrected chi connectivity index (χ0v) is 14.7. The number of fused-ring (bicyclic) bond motifs is 1. The smallest absolute Gasteiger partial charge is 0.119 e. The predicted octanol–water partition coefficient (Wildman–Crippen LogP) is 4.63. The van der Waals surface area contributed by atoms with Crippen molar-refractivity contribution in [3.8, 4) is 5.75 Å². The number of hydrogen-bond donors (Lipinski definition) is 1. The third-order valence-electron chi connectivity index (χ3n) is 5.06. The summed E-state index contributed by atoms with van der Waals surface area (Å²) >= 11 is 3.46. The Morgan fingerprint density at radius 2 is 1.90 bits per heavy atom. The van der Waals surface area contributed by atoms with E-state index in [1.54, 1.807) is 0 Å². The van der Waals surface area contributed by atoms with Crippen LogP contribution in [0.3, 0.4) is 0 Å². The van der Waals surface area contributed by atoms with Gasteiger partial charge in [0.25, 0.3) is 0 Å².